The van der Waals surface area contributed by atoms with E-state index in [1.807, 2.05) is 18.2 Å². The van der Waals surface area contributed by atoms with Gasteiger partial charge in [0.1, 0.15) is 0 Å². The van der Waals surface area contributed by atoms with Gasteiger partial charge in [-0.2, -0.15) is 0 Å². The molecular formula is C16H14N2O3S. The molecule has 3 aromatic rings. The Morgan fingerprint density at radius 2 is 2.00 bits per heavy atom. The average Bonchev–Trinajstić information content (AvgIpc) is 2.90. The minimum absolute atomic E-state index is 0.0893. The number of nitrogens with zero attached hydrogens (tertiary/aromatic N) is 1. The summed E-state index contributed by atoms with van der Waals surface area (Å²) in [5, 5.41) is 12.0. The van der Waals surface area contributed by atoms with Gasteiger partial charge in [0.2, 0.25) is 0 Å². The van der Waals surface area contributed by atoms with Crippen LogP contribution in [-0.4, -0.2) is 28.1 Å². The lowest BCUT2D eigenvalue weighted by atomic mass is 10.2. The van der Waals surface area contributed by atoms with E-state index >= 15 is 0 Å². The second-order valence-corrected chi connectivity index (χ2v) is 5.70. The minimum atomic E-state index is -0.273. The first-order chi connectivity index (χ1) is 10.7. The van der Waals surface area contributed by atoms with Crippen molar-refractivity contribution in [1.29, 1.82) is 0 Å². The molecule has 0 unspecified atom stereocenters. The fourth-order valence-corrected chi connectivity index (χ4v) is 3.18. The molecule has 1 heterocycles. The van der Waals surface area contributed by atoms with Gasteiger partial charge in [0, 0.05) is 12.1 Å². The number of aromatic nitrogens is 1. The van der Waals surface area contributed by atoms with Crippen molar-refractivity contribution in [3.63, 3.8) is 0 Å². The second kappa shape index (κ2) is 6.13. The van der Waals surface area contributed by atoms with Gasteiger partial charge < -0.3 is 10.4 Å². The van der Waals surface area contributed by atoms with Gasteiger partial charge in [0.25, 0.3) is 11.5 Å². The number of amides is 1. The zero-order valence-electron chi connectivity index (χ0n) is 11.7. The molecule has 0 aliphatic rings. The Morgan fingerprint density at radius 1 is 1.18 bits per heavy atom. The number of nitrogens with one attached hydrogen (secondary N) is 1. The maximum atomic E-state index is 12.4. The molecule has 0 atom stereocenters. The van der Waals surface area contributed by atoms with E-state index in [9.17, 15) is 9.59 Å². The van der Waals surface area contributed by atoms with Gasteiger partial charge >= 0.3 is 0 Å². The van der Waals surface area contributed by atoms with Crippen LogP contribution in [0.4, 0.5) is 0 Å². The Kier molecular flexibility index (Phi) is 4.04. The van der Waals surface area contributed by atoms with Crippen molar-refractivity contribution >= 4 is 27.5 Å². The molecule has 22 heavy (non-hydrogen) atoms. The number of benzene rings is 2. The summed E-state index contributed by atoms with van der Waals surface area (Å²) >= 11 is 1.35. The lowest BCUT2D eigenvalue weighted by Gasteiger charge is -2.05. The summed E-state index contributed by atoms with van der Waals surface area (Å²) < 4.78 is 2.48. The van der Waals surface area contributed by atoms with Crippen LogP contribution in [0.2, 0.25) is 0 Å². The molecular weight excluding hydrogens is 300 g/mol. The number of aliphatic hydroxyl groups is 1. The van der Waals surface area contributed by atoms with Gasteiger partial charge in [0.05, 0.1) is 22.4 Å². The summed E-state index contributed by atoms with van der Waals surface area (Å²) in [4.78, 5) is 24.4. The van der Waals surface area contributed by atoms with Crippen LogP contribution in [0.5, 0.6) is 0 Å². The molecule has 0 fully saturated rings. The summed E-state index contributed by atoms with van der Waals surface area (Å²) in [6.07, 6.45) is 0. The number of aliphatic hydroxyl groups excluding tert-OH is 1. The molecule has 6 heteroatoms. The van der Waals surface area contributed by atoms with E-state index in [0.717, 1.165) is 4.70 Å². The number of hydrogen-bond donors (Lipinski definition) is 2. The summed E-state index contributed by atoms with van der Waals surface area (Å²) in [7, 11) is 0. The minimum Gasteiger partial charge on any atom is -0.395 e. The topological polar surface area (TPSA) is 71.3 Å². The number of hydrogen-bond acceptors (Lipinski definition) is 4. The highest BCUT2D eigenvalue weighted by molar-refractivity contribution is 7.14. The number of rotatable bonds is 4. The molecule has 0 aliphatic heterocycles. The predicted molar refractivity (Wildman–Crippen MR) is 86.8 cm³/mol. The van der Waals surface area contributed by atoms with E-state index in [4.69, 9.17) is 5.11 Å². The van der Waals surface area contributed by atoms with Crippen LogP contribution < -0.4 is 10.9 Å². The molecule has 2 aromatic carbocycles. The third-order valence-corrected chi connectivity index (χ3v) is 4.34. The molecule has 2 N–H and O–H groups in total. The van der Waals surface area contributed by atoms with E-state index in [2.05, 4.69) is 5.32 Å². The SMILES string of the molecule is O=C(NCCO)c1cccc(-n2sc3ccccc3c2=O)c1. The summed E-state index contributed by atoms with van der Waals surface area (Å²) in [5.41, 5.74) is 1.02. The first kappa shape index (κ1) is 14.5. The Labute approximate surface area is 130 Å². The Balaban J connectivity index is 2.02. The van der Waals surface area contributed by atoms with E-state index in [-0.39, 0.29) is 24.6 Å². The fraction of sp³-hybridized carbons (Fsp3) is 0.125. The van der Waals surface area contributed by atoms with Crippen molar-refractivity contribution in [3.8, 4) is 5.69 Å². The maximum Gasteiger partial charge on any atom is 0.273 e. The number of fused-ring (bicyclic) bond motifs is 1. The van der Waals surface area contributed by atoms with Gasteiger partial charge in [-0.15, -0.1) is 0 Å². The van der Waals surface area contributed by atoms with Crippen molar-refractivity contribution in [2.24, 2.45) is 0 Å². The van der Waals surface area contributed by atoms with Gasteiger partial charge in [0.15, 0.2) is 0 Å². The Hall–Kier alpha value is -2.44. The lowest BCUT2D eigenvalue weighted by Crippen LogP contribution is -2.26. The van der Waals surface area contributed by atoms with Gasteiger partial charge in [-0.05, 0) is 30.3 Å². The normalized spacial score (nSPS) is 10.8. The molecule has 0 bridgehead atoms. The zero-order chi connectivity index (χ0) is 15.5. The Morgan fingerprint density at radius 3 is 2.77 bits per heavy atom. The first-order valence-electron chi connectivity index (χ1n) is 6.81. The molecule has 0 radical (unpaired) electrons. The second-order valence-electron chi connectivity index (χ2n) is 4.72. The monoisotopic (exact) mass is 314 g/mol. The van der Waals surface area contributed by atoms with Crippen molar-refractivity contribution in [2.45, 2.75) is 0 Å². The van der Waals surface area contributed by atoms with Crippen LogP contribution in [0.1, 0.15) is 10.4 Å². The fourth-order valence-electron chi connectivity index (χ4n) is 2.19. The van der Waals surface area contributed by atoms with Crippen LogP contribution in [-0.2, 0) is 0 Å². The molecule has 0 saturated heterocycles. The van der Waals surface area contributed by atoms with Gasteiger partial charge in [-0.3, -0.25) is 9.59 Å². The maximum absolute atomic E-state index is 12.4. The highest BCUT2D eigenvalue weighted by Crippen LogP contribution is 2.20. The van der Waals surface area contributed by atoms with Crippen LogP contribution in [0.15, 0.2) is 53.3 Å². The molecule has 1 amide bonds. The summed E-state index contributed by atoms with van der Waals surface area (Å²) in [6.45, 7) is 0.0904. The first-order valence-corrected chi connectivity index (χ1v) is 7.58. The van der Waals surface area contributed by atoms with Crippen LogP contribution >= 0.6 is 11.5 Å². The molecule has 0 saturated carbocycles. The molecule has 112 valence electrons. The van der Waals surface area contributed by atoms with E-state index in [1.165, 1.54) is 11.5 Å². The molecule has 3 rings (SSSR count). The van der Waals surface area contributed by atoms with Crippen molar-refractivity contribution in [3.05, 3.63) is 64.4 Å². The third kappa shape index (κ3) is 2.66. The highest BCUT2D eigenvalue weighted by Gasteiger charge is 2.11. The van der Waals surface area contributed by atoms with Crippen LogP contribution in [0, 0.1) is 0 Å². The zero-order valence-corrected chi connectivity index (χ0v) is 12.5. The largest absolute Gasteiger partial charge is 0.395 e. The Bertz CT molecular complexity index is 882. The van der Waals surface area contributed by atoms with Gasteiger partial charge in [-0.1, -0.05) is 29.7 Å². The van der Waals surface area contributed by atoms with Crippen molar-refractivity contribution in [1.82, 2.24) is 9.27 Å². The quantitative estimate of drug-likeness (QED) is 0.771. The van der Waals surface area contributed by atoms with Gasteiger partial charge in [-0.25, -0.2) is 3.96 Å². The van der Waals surface area contributed by atoms with E-state index in [1.54, 1.807) is 34.3 Å². The highest BCUT2D eigenvalue weighted by atomic mass is 32.1. The average molecular weight is 314 g/mol. The lowest BCUT2D eigenvalue weighted by molar-refractivity contribution is 0.0944. The predicted octanol–water partition coefficient (Wildman–Crippen LogP) is 1.77. The van der Waals surface area contributed by atoms with Crippen LogP contribution in [0.25, 0.3) is 15.8 Å². The molecule has 0 aliphatic carbocycles. The molecule has 1 aromatic heterocycles. The smallest absolute Gasteiger partial charge is 0.273 e. The van der Waals surface area contributed by atoms with E-state index < -0.39 is 0 Å². The molecule has 0 spiro atoms. The summed E-state index contributed by atoms with van der Waals surface area (Å²) in [5.74, 6) is -0.273. The summed E-state index contributed by atoms with van der Waals surface area (Å²) in [6, 6.07) is 14.3. The van der Waals surface area contributed by atoms with E-state index in [0.29, 0.717) is 16.6 Å². The number of carbonyl (C=O) groups excluding carboxylic acids is 1. The standard InChI is InChI=1S/C16H14N2O3S/c19-9-8-17-15(20)11-4-3-5-12(10-11)18-16(21)13-6-1-2-7-14(13)22-18/h1-7,10,19H,8-9H2,(H,17,20). The van der Waals surface area contributed by atoms with Crippen LogP contribution in [0.3, 0.4) is 0 Å². The number of carbonyl (C=O) groups is 1. The van der Waals surface area contributed by atoms with Crippen molar-refractivity contribution < 1.29 is 9.90 Å². The molecule has 5 nitrogen and oxygen atoms in total. The van der Waals surface area contributed by atoms with Crippen molar-refractivity contribution in [2.75, 3.05) is 13.2 Å². The third-order valence-electron chi connectivity index (χ3n) is 3.23.